The second-order valence-electron chi connectivity index (χ2n) is 7.99. The summed E-state index contributed by atoms with van der Waals surface area (Å²) in [6.07, 6.45) is 5.69. The summed E-state index contributed by atoms with van der Waals surface area (Å²) in [7, 11) is 0. The van der Waals surface area contributed by atoms with Gasteiger partial charge in [-0.1, -0.05) is 27.2 Å². The van der Waals surface area contributed by atoms with Gasteiger partial charge in [-0.15, -0.1) is 0 Å². The summed E-state index contributed by atoms with van der Waals surface area (Å²) in [6.45, 7) is 8.38. The second-order valence-corrected chi connectivity index (χ2v) is 7.99. The van der Waals surface area contributed by atoms with E-state index < -0.39 is 11.4 Å². The van der Waals surface area contributed by atoms with Crippen LogP contribution in [-0.4, -0.2) is 35.0 Å². The van der Waals surface area contributed by atoms with Gasteiger partial charge < -0.3 is 10.0 Å². The maximum Gasteiger partial charge on any atom is 0.310 e. The van der Waals surface area contributed by atoms with Gasteiger partial charge in [0.2, 0.25) is 5.91 Å². The van der Waals surface area contributed by atoms with Gasteiger partial charge in [-0.2, -0.15) is 0 Å². The minimum absolute atomic E-state index is 0.0478. The third kappa shape index (κ3) is 3.58. The fraction of sp³-hybridized carbons (Fsp3) is 0.882. The van der Waals surface area contributed by atoms with Crippen molar-refractivity contribution >= 4 is 11.9 Å². The number of carboxylic acids is 1. The molecule has 0 aromatic heterocycles. The second kappa shape index (κ2) is 5.98. The summed E-state index contributed by atoms with van der Waals surface area (Å²) in [6, 6.07) is 0. The summed E-state index contributed by atoms with van der Waals surface area (Å²) in [5, 5.41) is 9.36. The molecule has 4 nitrogen and oxygen atoms in total. The van der Waals surface area contributed by atoms with Crippen molar-refractivity contribution in [3.05, 3.63) is 0 Å². The lowest BCUT2D eigenvalue weighted by molar-refractivity contribution is -0.159. The van der Waals surface area contributed by atoms with E-state index in [0.29, 0.717) is 18.8 Å². The lowest BCUT2D eigenvalue weighted by Crippen LogP contribution is -2.44. The van der Waals surface area contributed by atoms with E-state index in [4.69, 9.17) is 0 Å². The Kier molecular flexibility index (Phi) is 4.64. The van der Waals surface area contributed by atoms with E-state index in [1.54, 1.807) is 0 Å². The third-order valence-electron chi connectivity index (χ3n) is 5.56. The van der Waals surface area contributed by atoms with Crippen molar-refractivity contribution < 1.29 is 14.7 Å². The van der Waals surface area contributed by atoms with Gasteiger partial charge in [-0.25, -0.2) is 0 Å². The number of carbonyl (C=O) groups is 2. The number of aliphatic carboxylic acids is 1. The molecule has 1 saturated carbocycles. The molecule has 1 saturated heterocycles. The molecular weight excluding hydrogens is 266 g/mol. The van der Waals surface area contributed by atoms with E-state index in [9.17, 15) is 14.7 Å². The van der Waals surface area contributed by atoms with Crippen LogP contribution >= 0.6 is 0 Å². The lowest BCUT2D eigenvalue weighted by Gasteiger charge is -2.38. The Morgan fingerprint density at radius 1 is 1.14 bits per heavy atom. The molecule has 1 aliphatic carbocycles. The molecule has 0 aromatic carbocycles. The Balaban J connectivity index is 1.93. The highest BCUT2D eigenvalue weighted by Crippen LogP contribution is 2.44. The number of nitrogens with zero attached hydrogens (tertiary/aromatic N) is 1. The average molecular weight is 295 g/mol. The molecule has 1 atom stereocenters. The summed E-state index contributed by atoms with van der Waals surface area (Å²) in [4.78, 5) is 25.8. The zero-order chi connectivity index (χ0) is 15.7. The molecule has 2 aliphatic rings. The predicted octanol–water partition coefficient (Wildman–Crippen LogP) is 3.31. The standard InChI is InChI=1S/C17H29NO3/c1-16(2,3)13-6-4-10-18(11-7-13)14(19)12-17(15(20)21)8-5-9-17/h13H,4-12H2,1-3H3,(H,20,21). The van der Waals surface area contributed by atoms with Gasteiger partial charge in [-0.3, -0.25) is 9.59 Å². The van der Waals surface area contributed by atoms with Crippen LogP contribution in [0.15, 0.2) is 0 Å². The number of amides is 1. The van der Waals surface area contributed by atoms with Crippen molar-refractivity contribution in [1.29, 1.82) is 0 Å². The van der Waals surface area contributed by atoms with Gasteiger partial charge in [0.05, 0.1) is 5.41 Å². The first kappa shape index (κ1) is 16.3. The van der Waals surface area contributed by atoms with E-state index in [2.05, 4.69) is 20.8 Å². The van der Waals surface area contributed by atoms with Gasteiger partial charge in [0.15, 0.2) is 0 Å². The van der Waals surface area contributed by atoms with Crippen LogP contribution in [0.1, 0.15) is 65.7 Å². The van der Waals surface area contributed by atoms with Gasteiger partial charge in [-0.05, 0) is 43.4 Å². The van der Waals surface area contributed by atoms with Crippen LogP contribution in [0.25, 0.3) is 0 Å². The maximum absolute atomic E-state index is 12.5. The Labute approximate surface area is 127 Å². The number of carboxylic acid groups (broad SMARTS) is 1. The Morgan fingerprint density at radius 3 is 2.29 bits per heavy atom. The third-order valence-corrected chi connectivity index (χ3v) is 5.56. The molecule has 1 unspecified atom stereocenters. The van der Waals surface area contributed by atoms with E-state index in [1.165, 1.54) is 0 Å². The van der Waals surface area contributed by atoms with Crippen LogP contribution in [0, 0.1) is 16.7 Å². The first-order valence-electron chi connectivity index (χ1n) is 8.26. The fourth-order valence-corrected chi connectivity index (χ4v) is 3.68. The summed E-state index contributed by atoms with van der Waals surface area (Å²) in [5.74, 6) is -0.0939. The van der Waals surface area contributed by atoms with Gasteiger partial charge in [0.1, 0.15) is 0 Å². The monoisotopic (exact) mass is 295 g/mol. The predicted molar refractivity (Wildman–Crippen MR) is 81.9 cm³/mol. The van der Waals surface area contributed by atoms with Crippen molar-refractivity contribution in [2.24, 2.45) is 16.7 Å². The summed E-state index contributed by atoms with van der Waals surface area (Å²) in [5.41, 5.74) is -0.470. The van der Waals surface area contributed by atoms with Crippen LogP contribution < -0.4 is 0 Å². The highest BCUT2D eigenvalue weighted by molar-refractivity contribution is 5.85. The molecule has 0 radical (unpaired) electrons. The van der Waals surface area contributed by atoms with Crippen LogP contribution in [-0.2, 0) is 9.59 Å². The minimum atomic E-state index is -0.788. The fourth-order valence-electron chi connectivity index (χ4n) is 3.68. The first-order valence-corrected chi connectivity index (χ1v) is 8.26. The van der Waals surface area contributed by atoms with Crippen molar-refractivity contribution in [1.82, 2.24) is 4.90 Å². The number of hydrogen-bond acceptors (Lipinski definition) is 2. The number of rotatable bonds is 3. The van der Waals surface area contributed by atoms with Crippen molar-refractivity contribution in [2.45, 2.75) is 65.7 Å². The van der Waals surface area contributed by atoms with Gasteiger partial charge in [0.25, 0.3) is 0 Å². The minimum Gasteiger partial charge on any atom is -0.481 e. The molecule has 0 aromatic rings. The molecule has 1 heterocycles. The van der Waals surface area contributed by atoms with E-state index in [0.717, 1.165) is 38.8 Å². The van der Waals surface area contributed by atoms with Gasteiger partial charge >= 0.3 is 5.97 Å². The van der Waals surface area contributed by atoms with Crippen LogP contribution in [0.4, 0.5) is 0 Å². The van der Waals surface area contributed by atoms with Crippen LogP contribution in [0.5, 0.6) is 0 Å². The summed E-state index contributed by atoms with van der Waals surface area (Å²) >= 11 is 0. The Morgan fingerprint density at radius 2 is 1.81 bits per heavy atom. The highest BCUT2D eigenvalue weighted by Gasteiger charge is 2.46. The Hall–Kier alpha value is -1.06. The quantitative estimate of drug-likeness (QED) is 0.869. The molecule has 120 valence electrons. The van der Waals surface area contributed by atoms with E-state index in [1.807, 2.05) is 4.90 Å². The maximum atomic E-state index is 12.5. The molecule has 1 N–H and O–H groups in total. The molecule has 2 fully saturated rings. The zero-order valence-corrected chi connectivity index (χ0v) is 13.7. The molecule has 21 heavy (non-hydrogen) atoms. The molecule has 4 heteroatoms. The van der Waals surface area contributed by atoms with Gasteiger partial charge in [0, 0.05) is 19.5 Å². The van der Waals surface area contributed by atoms with Crippen molar-refractivity contribution in [3.63, 3.8) is 0 Å². The largest absolute Gasteiger partial charge is 0.481 e. The summed E-state index contributed by atoms with van der Waals surface area (Å²) < 4.78 is 0. The molecule has 1 aliphatic heterocycles. The Bertz CT molecular complexity index is 407. The number of likely N-dealkylation sites (tertiary alicyclic amines) is 1. The molecule has 2 rings (SSSR count). The van der Waals surface area contributed by atoms with Crippen LogP contribution in [0.3, 0.4) is 0 Å². The average Bonchev–Trinajstić information content (AvgIpc) is 2.58. The topological polar surface area (TPSA) is 57.6 Å². The zero-order valence-electron chi connectivity index (χ0n) is 13.7. The lowest BCUT2D eigenvalue weighted by atomic mass is 9.66. The highest BCUT2D eigenvalue weighted by atomic mass is 16.4. The van der Waals surface area contributed by atoms with E-state index >= 15 is 0 Å². The molecule has 1 amide bonds. The molecule has 0 spiro atoms. The van der Waals surface area contributed by atoms with Crippen LogP contribution in [0.2, 0.25) is 0 Å². The SMILES string of the molecule is CC(C)(C)C1CCCN(C(=O)CC2(C(=O)O)CCC2)CC1. The van der Waals surface area contributed by atoms with Crippen molar-refractivity contribution in [3.8, 4) is 0 Å². The smallest absolute Gasteiger partial charge is 0.310 e. The normalized spacial score (nSPS) is 25.9. The number of hydrogen-bond donors (Lipinski definition) is 1. The number of carbonyl (C=O) groups excluding carboxylic acids is 1. The first-order chi connectivity index (χ1) is 9.74. The van der Waals surface area contributed by atoms with E-state index in [-0.39, 0.29) is 17.7 Å². The van der Waals surface area contributed by atoms with Crippen molar-refractivity contribution in [2.75, 3.05) is 13.1 Å². The molecular formula is C17H29NO3. The molecule has 0 bridgehead atoms.